The third kappa shape index (κ3) is 1.80. The second-order valence-electron chi connectivity index (χ2n) is 6.79. The number of esters is 1. The predicted octanol–water partition coefficient (Wildman–Crippen LogP) is 2.64. The van der Waals surface area contributed by atoms with Gasteiger partial charge in [0.1, 0.15) is 12.6 Å². The number of hydrogen-bond donors (Lipinski definition) is 0. The molecule has 3 unspecified atom stereocenters. The van der Waals surface area contributed by atoms with Crippen LogP contribution in [0.25, 0.3) is 0 Å². The first kappa shape index (κ1) is 12.7. The molecule has 1 aromatic rings. The van der Waals surface area contributed by atoms with Crippen LogP contribution in [0, 0.1) is 16.7 Å². The standard InChI is InChI=1S/C15H22N2O2/c1-14(2)11-5-6-15(14,3)12(9-11)19-13(18)10-17-8-4-7-16-17/h4,7-8,11-12H,5-6,9-10H2,1-3H3. The van der Waals surface area contributed by atoms with Crippen molar-refractivity contribution in [1.29, 1.82) is 0 Å². The van der Waals surface area contributed by atoms with Gasteiger partial charge in [-0.3, -0.25) is 9.48 Å². The minimum Gasteiger partial charge on any atom is -0.460 e. The van der Waals surface area contributed by atoms with Crippen LogP contribution in [0.15, 0.2) is 18.5 Å². The van der Waals surface area contributed by atoms with Gasteiger partial charge in [-0.15, -0.1) is 0 Å². The lowest BCUT2D eigenvalue weighted by molar-refractivity contribution is -0.157. The zero-order valence-electron chi connectivity index (χ0n) is 11.9. The number of rotatable bonds is 3. The molecular weight excluding hydrogens is 240 g/mol. The van der Waals surface area contributed by atoms with E-state index in [1.165, 1.54) is 12.8 Å². The van der Waals surface area contributed by atoms with Gasteiger partial charge in [-0.1, -0.05) is 20.8 Å². The number of carbonyl (C=O) groups excluding carboxylic acids is 1. The van der Waals surface area contributed by atoms with Crippen LogP contribution >= 0.6 is 0 Å². The Morgan fingerprint density at radius 2 is 2.26 bits per heavy atom. The number of hydrogen-bond acceptors (Lipinski definition) is 3. The van der Waals surface area contributed by atoms with Crippen LogP contribution in [-0.2, 0) is 16.1 Å². The number of aromatic nitrogens is 2. The molecule has 0 saturated heterocycles. The van der Waals surface area contributed by atoms with E-state index >= 15 is 0 Å². The second kappa shape index (κ2) is 4.09. The molecule has 2 bridgehead atoms. The Balaban J connectivity index is 1.67. The Kier molecular flexibility index (Phi) is 2.73. The van der Waals surface area contributed by atoms with Crippen molar-refractivity contribution in [1.82, 2.24) is 9.78 Å². The summed E-state index contributed by atoms with van der Waals surface area (Å²) in [6.07, 6.45) is 7.00. The van der Waals surface area contributed by atoms with Gasteiger partial charge in [-0.05, 0) is 36.7 Å². The van der Waals surface area contributed by atoms with E-state index in [0.717, 1.165) is 6.42 Å². The van der Waals surface area contributed by atoms with E-state index in [1.54, 1.807) is 17.1 Å². The number of nitrogens with zero attached hydrogens (tertiary/aromatic N) is 2. The molecule has 0 spiro atoms. The van der Waals surface area contributed by atoms with Crippen molar-refractivity contribution in [2.24, 2.45) is 16.7 Å². The summed E-state index contributed by atoms with van der Waals surface area (Å²) in [6, 6.07) is 1.81. The summed E-state index contributed by atoms with van der Waals surface area (Å²) >= 11 is 0. The minimum absolute atomic E-state index is 0.0734. The summed E-state index contributed by atoms with van der Waals surface area (Å²) in [5, 5.41) is 4.04. The van der Waals surface area contributed by atoms with Gasteiger partial charge in [0.15, 0.2) is 0 Å². The van der Waals surface area contributed by atoms with E-state index in [-0.39, 0.29) is 29.4 Å². The normalized spacial score (nSPS) is 35.5. The fourth-order valence-electron chi connectivity index (χ4n) is 4.03. The molecule has 3 atom stereocenters. The fourth-order valence-corrected chi connectivity index (χ4v) is 4.03. The Bertz CT molecular complexity index is 480. The van der Waals surface area contributed by atoms with Crippen molar-refractivity contribution in [2.45, 2.75) is 52.7 Å². The van der Waals surface area contributed by atoms with E-state index in [4.69, 9.17) is 4.74 Å². The first-order valence-electron chi connectivity index (χ1n) is 7.10. The van der Waals surface area contributed by atoms with Crippen LogP contribution in [-0.4, -0.2) is 21.9 Å². The van der Waals surface area contributed by atoms with E-state index in [1.807, 2.05) is 6.07 Å². The van der Waals surface area contributed by atoms with Gasteiger partial charge in [0.05, 0.1) is 0 Å². The van der Waals surface area contributed by atoms with E-state index in [0.29, 0.717) is 5.92 Å². The molecule has 3 rings (SSSR count). The van der Waals surface area contributed by atoms with Gasteiger partial charge < -0.3 is 4.74 Å². The van der Waals surface area contributed by atoms with E-state index < -0.39 is 0 Å². The number of ether oxygens (including phenoxy) is 1. The fraction of sp³-hybridized carbons (Fsp3) is 0.733. The maximum absolute atomic E-state index is 12.0. The SMILES string of the molecule is CC1(C)C2CCC1(C)C(OC(=O)Cn1cccn1)C2. The molecule has 1 aromatic heterocycles. The smallest absolute Gasteiger partial charge is 0.328 e. The molecule has 2 fully saturated rings. The van der Waals surface area contributed by atoms with Gasteiger partial charge in [0, 0.05) is 17.8 Å². The third-order valence-corrected chi connectivity index (χ3v) is 5.84. The molecule has 0 N–H and O–H groups in total. The van der Waals surface area contributed by atoms with Crippen molar-refractivity contribution in [3.05, 3.63) is 18.5 Å². The Morgan fingerprint density at radius 1 is 1.47 bits per heavy atom. The molecular formula is C15H22N2O2. The molecule has 0 amide bonds. The molecule has 0 aromatic carbocycles. The van der Waals surface area contributed by atoms with Gasteiger partial charge in [0.2, 0.25) is 0 Å². The molecule has 4 nitrogen and oxygen atoms in total. The highest BCUT2D eigenvalue weighted by atomic mass is 16.5. The highest BCUT2D eigenvalue weighted by molar-refractivity contribution is 5.69. The van der Waals surface area contributed by atoms with Crippen molar-refractivity contribution in [3.8, 4) is 0 Å². The topological polar surface area (TPSA) is 44.1 Å². The third-order valence-electron chi connectivity index (χ3n) is 5.84. The number of carbonyl (C=O) groups is 1. The first-order chi connectivity index (χ1) is 8.93. The highest BCUT2D eigenvalue weighted by Gasteiger charge is 2.62. The molecule has 1 heterocycles. The Labute approximate surface area is 114 Å². The summed E-state index contributed by atoms with van der Waals surface area (Å²) in [5.74, 6) is 0.526. The predicted molar refractivity (Wildman–Crippen MR) is 71.3 cm³/mol. The Hall–Kier alpha value is -1.32. The zero-order chi connectivity index (χ0) is 13.7. The molecule has 4 heteroatoms. The lowest BCUT2D eigenvalue weighted by Crippen LogP contribution is -2.38. The summed E-state index contributed by atoms with van der Waals surface area (Å²) in [4.78, 5) is 12.0. The average Bonchev–Trinajstić information content (AvgIpc) is 2.95. The monoisotopic (exact) mass is 262 g/mol. The molecule has 104 valence electrons. The molecule has 0 aliphatic heterocycles. The molecule has 2 aliphatic carbocycles. The molecule has 2 aliphatic rings. The highest BCUT2D eigenvalue weighted by Crippen LogP contribution is 2.66. The van der Waals surface area contributed by atoms with Crippen molar-refractivity contribution < 1.29 is 9.53 Å². The van der Waals surface area contributed by atoms with Crippen LogP contribution < -0.4 is 0 Å². The van der Waals surface area contributed by atoms with Crippen molar-refractivity contribution >= 4 is 5.97 Å². The van der Waals surface area contributed by atoms with Gasteiger partial charge in [0.25, 0.3) is 0 Å². The quantitative estimate of drug-likeness (QED) is 0.787. The zero-order valence-corrected chi connectivity index (χ0v) is 11.9. The maximum atomic E-state index is 12.0. The molecule has 0 radical (unpaired) electrons. The van der Waals surface area contributed by atoms with Gasteiger partial charge in [-0.2, -0.15) is 5.10 Å². The van der Waals surface area contributed by atoms with Crippen LogP contribution in [0.2, 0.25) is 0 Å². The summed E-state index contributed by atoms with van der Waals surface area (Å²) in [6.45, 7) is 7.15. The summed E-state index contributed by atoms with van der Waals surface area (Å²) in [7, 11) is 0. The van der Waals surface area contributed by atoms with Crippen molar-refractivity contribution in [3.63, 3.8) is 0 Å². The maximum Gasteiger partial charge on any atom is 0.328 e. The van der Waals surface area contributed by atoms with Crippen LogP contribution in [0.5, 0.6) is 0 Å². The van der Waals surface area contributed by atoms with Crippen LogP contribution in [0.1, 0.15) is 40.0 Å². The average molecular weight is 262 g/mol. The minimum atomic E-state index is -0.168. The van der Waals surface area contributed by atoms with Crippen molar-refractivity contribution in [2.75, 3.05) is 0 Å². The second-order valence-corrected chi connectivity index (χ2v) is 6.79. The number of fused-ring (bicyclic) bond motifs is 2. The van der Waals surface area contributed by atoms with Crippen LogP contribution in [0.4, 0.5) is 0 Å². The molecule has 19 heavy (non-hydrogen) atoms. The van der Waals surface area contributed by atoms with Gasteiger partial charge >= 0.3 is 5.97 Å². The first-order valence-corrected chi connectivity index (χ1v) is 7.10. The lowest BCUT2D eigenvalue weighted by atomic mass is 9.70. The lowest BCUT2D eigenvalue weighted by Gasteiger charge is -2.38. The van der Waals surface area contributed by atoms with Crippen LogP contribution in [0.3, 0.4) is 0 Å². The van der Waals surface area contributed by atoms with E-state index in [9.17, 15) is 4.79 Å². The summed E-state index contributed by atoms with van der Waals surface area (Å²) < 4.78 is 7.37. The molecule has 2 saturated carbocycles. The van der Waals surface area contributed by atoms with Gasteiger partial charge in [-0.25, -0.2) is 0 Å². The van der Waals surface area contributed by atoms with E-state index in [2.05, 4.69) is 25.9 Å². The largest absolute Gasteiger partial charge is 0.460 e. The Morgan fingerprint density at radius 3 is 2.79 bits per heavy atom. The summed E-state index contributed by atoms with van der Waals surface area (Å²) in [5.41, 5.74) is 0.418.